The number of aromatic nitrogens is 2. The van der Waals surface area contributed by atoms with Crippen molar-refractivity contribution in [3.63, 3.8) is 0 Å². The summed E-state index contributed by atoms with van der Waals surface area (Å²) in [5.74, 6) is -0.231. The molecule has 0 radical (unpaired) electrons. The Hall–Kier alpha value is -3.29. The van der Waals surface area contributed by atoms with Crippen molar-refractivity contribution >= 4 is 51.7 Å². The molecule has 1 aromatic heterocycles. The number of anilines is 3. The maximum absolute atomic E-state index is 14.7. The largest absolute Gasteiger partial charge is 0.322 e. The number of hydrogen-bond donors (Lipinski definition) is 2. The van der Waals surface area contributed by atoms with Crippen molar-refractivity contribution in [2.45, 2.75) is 18.9 Å². The summed E-state index contributed by atoms with van der Waals surface area (Å²) in [6, 6.07) is 9.03. The number of benzene rings is 2. The van der Waals surface area contributed by atoms with Gasteiger partial charge < -0.3 is 10.6 Å². The Morgan fingerprint density at radius 2 is 2.13 bits per heavy atom. The molecule has 31 heavy (non-hydrogen) atoms. The minimum Gasteiger partial charge on any atom is -0.322 e. The first kappa shape index (κ1) is 19.7. The van der Waals surface area contributed by atoms with E-state index in [9.17, 15) is 9.18 Å². The molecule has 8 heteroatoms. The number of rotatable bonds is 6. The average molecular weight is 436 g/mol. The van der Waals surface area contributed by atoms with Crippen molar-refractivity contribution in [3.05, 3.63) is 71.4 Å². The van der Waals surface area contributed by atoms with Crippen LogP contribution in [-0.4, -0.2) is 28.5 Å². The van der Waals surface area contributed by atoms with Crippen molar-refractivity contribution in [3.8, 4) is 0 Å². The maximum atomic E-state index is 14.7. The minimum absolute atomic E-state index is 0.0333. The Morgan fingerprint density at radius 1 is 1.26 bits per heavy atom. The number of amides is 1. The van der Waals surface area contributed by atoms with Gasteiger partial charge in [0, 0.05) is 36.1 Å². The molecule has 0 spiro atoms. The van der Waals surface area contributed by atoms with Crippen LogP contribution >= 0.6 is 11.6 Å². The zero-order valence-corrected chi connectivity index (χ0v) is 17.2. The van der Waals surface area contributed by atoms with Gasteiger partial charge in [0.05, 0.1) is 21.6 Å². The average Bonchev–Trinajstić information content (AvgIpc) is 3.60. The summed E-state index contributed by atoms with van der Waals surface area (Å²) in [5.41, 5.74) is 2.38. The lowest BCUT2D eigenvalue weighted by molar-refractivity contribution is -0.111. The normalized spacial score (nSPS) is 15.1. The molecule has 6 nitrogen and oxygen atoms in total. The van der Waals surface area contributed by atoms with Gasteiger partial charge in [-0.25, -0.2) is 14.4 Å². The van der Waals surface area contributed by atoms with Crippen molar-refractivity contribution in [1.82, 2.24) is 15.3 Å². The van der Waals surface area contributed by atoms with E-state index in [1.807, 2.05) is 24.3 Å². The van der Waals surface area contributed by atoms with Gasteiger partial charge in [-0.2, -0.15) is 0 Å². The molecule has 1 aliphatic heterocycles. The van der Waals surface area contributed by atoms with E-state index in [-0.39, 0.29) is 16.6 Å². The first-order valence-electron chi connectivity index (χ1n) is 10.0. The molecule has 0 bridgehead atoms. The monoisotopic (exact) mass is 435 g/mol. The van der Waals surface area contributed by atoms with Crippen LogP contribution in [0.5, 0.6) is 0 Å². The second-order valence-corrected chi connectivity index (χ2v) is 7.86. The Kier molecular flexibility index (Phi) is 5.13. The van der Waals surface area contributed by atoms with Gasteiger partial charge in [-0.05, 0) is 43.2 Å². The highest BCUT2D eigenvalue weighted by Gasteiger charge is 2.23. The van der Waals surface area contributed by atoms with Gasteiger partial charge in [-0.1, -0.05) is 23.7 Å². The molecule has 0 unspecified atom stereocenters. The molecule has 1 saturated carbocycles. The Balaban J connectivity index is 1.47. The summed E-state index contributed by atoms with van der Waals surface area (Å²) in [6.45, 7) is 0.667. The molecule has 1 amide bonds. The van der Waals surface area contributed by atoms with Crippen LogP contribution in [0, 0.1) is 5.82 Å². The van der Waals surface area contributed by atoms with Gasteiger partial charge in [0.15, 0.2) is 5.82 Å². The lowest BCUT2D eigenvalue weighted by Crippen LogP contribution is -2.18. The predicted molar refractivity (Wildman–Crippen MR) is 121 cm³/mol. The van der Waals surface area contributed by atoms with Crippen LogP contribution in [0.25, 0.3) is 17.0 Å². The van der Waals surface area contributed by atoms with E-state index in [4.69, 9.17) is 11.6 Å². The molecule has 5 rings (SSSR count). The summed E-state index contributed by atoms with van der Waals surface area (Å²) in [6.07, 6.45) is 10.7. The summed E-state index contributed by atoms with van der Waals surface area (Å²) in [7, 11) is 0. The Labute approximate surface area is 183 Å². The number of halogens is 2. The Morgan fingerprint density at radius 3 is 2.97 bits per heavy atom. The number of carbonyl (C=O) groups is 1. The van der Waals surface area contributed by atoms with Gasteiger partial charge in [0.1, 0.15) is 12.1 Å². The smallest absolute Gasteiger partial charge is 0.248 e. The standard InChI is InChI=1S/C23H19ClFN5O/c24-16-3-1-4-19(22(16)25)30-12-10-15-17(8-9-18-21(15)23(30)28-13-27-18)29-20(31)5-2-11-26-14-6-7-14/h1-5,8-10,12-14,26H,6-7,11H2,(H,29,31)/b5-2+. The second-order valence-electron chi connectivity index (χ2n) is 7.45. The quantitative estimate of drug-likeness (QED) is 0.545. The summed E-state index contributed by atoms with van der Waals surface area (Å²) >= 11 is 5.97. The highest BCUT2D eigenvalue weighted by molar-refractivity contribution is 6.31. The Bertz CT molecular complexity index is 1240. The van der Waals surface area contributed by atoms with E-state index in [2.05, 4.69) is 20.6 Å². The molecule has 1 fully saturated rings. The van der Waals surface area contributed by atoms with E-state index < -0.39 is 5.82 Å². The molecule has 2 heterocycles. The van der Waals surface area contributed by atoms with Crippen molar-refractivity contribution in [1.29, 1.82) is 0 Å². The first-order valence-corrected chi connectivity index (χ1v) is 10.4. The van der Waals surface area contributed by atoms with E-state index in [0.717, 1.165) is 10.9 Å². The van der Waals surface area contributed by atoms with Gasteiger partial charge >= 0.3 is 0 Å². The molecule has 156 valence electrons. The third-order valence-corrected chi connectivity index (χ3v) is 5.55. The van der Waals surface area contributed by atoms with Crippen LogP contribution in [-0.2, 0) is 4.79 Å². The van der Waals surface area contributed by atoms with E-state index in [1.165, 1.54) is 31.3 Å². The molecule has 2 aromatic carbocycles. The third-order valence-electron chi connectivity index (χ3n) is 5.26. The molecule has 2 aliphatic rings. The van der Waals surface area contributed by atoms with Gasteiger partial charge in [0.2, 0.25) is 5.91 Å². The fourth-order valence-corrected chi connectivity index (χ4v) is 3.75. The van der Waals surface area contributed by atoms with Gasteiger partial charge in [0.25, 0.3) is 0 Å². The zero-order chi connectivity index (χ0) is 21.4. The molecule has 1 aliphatic carbocycles. The number of nitrogens with one attached hydrogen (secondary N) is 2. The first-order chi connectivity index (χ1) is 15.1. The lowest BCUT2D eigenvalue weighted by atomic mass is 10.0. The topological polar surface area (TPSA) is 70.1 Å². The summed E-state index contributed by atoms with van der Waals surface area (Å²) in [5, 5.41) is 7.00. The van der Waals surface area contributed by atoms with Crippen LogP contribution in [0.3, 0.4) is 0 Å². The minimum atomic E-state index is -0.529. The molecular weight excluding hydrogens is 417 g/mol. The molecular formula is C23H19ClFN5O. The molecule has 0 saturated heterocycles. The maximum Gasteiger partial charge on any atom is 0.248 e. The lowest BCUT2D eigenvalue weighted by Gasteiger charge is -2.26. The van der Waals surface area contributed by atoms with Crippen molar-refractivity contribution < 1.29 is 9.18 Å². The summed E-state index contributed by atoms with van der Waals surface area (Å²) in [4.78, 5) is 22.7. The van der Waals surface area contributed by atoms with Gasteiger partial charge in [-0.3, -0.25) is 9.69 Å². The van der Waals surface area contributed by atoms with Gasteiger partial charge in [-0.15, -0.1) is 0 Å². The van der Waals surface area contributed by atoms with Crippen LogP contribution in [0.4, 0.5) is 21.6 Å². The van der Waals surface area contributed by atoms with Crippen LogP contribution in [0.1, 0.15) is 18.4 Å². The zero-order valence-electron chi connectivity index (χ0n) is 16.5. The predicted octanol–water partition coefficient (Wildman–Crippen LogP) is 4.79. The van der Waals surface area contributed by atoms with Crippen molar-refractivity contribution in [2.75, 3.05) is 16.8 Å². The van der Waals surface area contributed by atoms with E-state index in [0.29, 0.717) is 29.6 Å². The molecule has 2 N–H and O–H groups in total. The molecule has 3 aromatic rings. The van der Waals surface area contributed by atoms with Crippen LogP contribution < -0.4 is 15.5 Å². The van der Waals surface area contributed by atoms with Crippen LogP contribution in [0.15, 0.2) is 55.0 Å². The highest BCUT2D eigenvalue weighted by atomic mass is 35.5. The summed E-state index contributed by atoms with van der Waals surface area (Å²) < 4.78 is 14.7. The van der Waals surface area contributed by atoms with E-state index >= 15 is 0 Å². The fourth-order valence-electron chi connectivity index (χ4n) is 3.58. The fraction of sp³-hybridized carbons (Fsp3) is 0.174. The van der Waals surface area contributed by atoms with E-state index in [1.54, 1.807) is 23.2 Å². The molecule has 0 atom stereocenters. The van der Waals surface area contributed by atoms with Crippen LogP contribution in [0.2, 0.25) is 5.02 Å². The number of nitrogens with zero attached hydrogens (tertiary/aromatic N) is 3. The third kappa shape index (κ3) is 3.89. The number of hydrogen-bond acceptors (Lipinski definition) is 5. The highest BCUT2D eigenvalue weighted by Crippen LogP contribution is 2.40. The number of carbonyl (C=O) groups excluding carboxylic acids is 1. The SMILES string of the molecule is O=C(/C=C/CNC1CC1)Nc1ccc2ncnc3c2c1C=CN3c1cccc(Cl)c1F. The van der Waals surface area contributed by atoms with Crippen molar-refractivity contribution in [2.24, 2.45) is 0 Å². The second kappa shape index (κ2) is 8.09.